The van der Waals surface area contributed by atoms with E-state index in [1.54, 1.807) is 29.2 Å². The molecule has 3 aromatic rings. The molecular formula is C29H30ClF3N2O2. The fraction of sp³-hybridized carbons (Fsp3) is 0.310. The number of hydrogen-bond acceptors (Lipinski definition) is 2. The summed E-state index contributed by atoms with van der Waals surface area (Å²) >= 11 is 6.39. The number of nitrogens with zero attached hydrogens (tertiary/aromatic N) is 1. The number of anilines is 1. The highest BCUT2D eigenvalue weighted by molar-refractivity contribution is 6.34. The number of rotatable bonds is 7. The molecule has 2 amide bonds. The first-order valence-corrected chi connectivity index (χ1v) is 12.2. The van der Waals surface area contributed by atoms with E-state index in [9.17, 15) is 22.8 Å². The van der Waals surface area contributed by atoms with Gasteiger partial charge in [-0.25, -0.2) is 0 Å². The standard InChI is InChI=1S/C29H30ClF3N2O2/c1-19(36)34-25-10-6-9-24(30)26(25)27(37)35(18-21-11-13-22(14-12-21)28(2,3)4)16-15-20-7-5-8-23(17-20)29(31,32)33/h5-14,17H,15-16,18H2,1-4H3,(H,34,36). The van der Waals surface area contributed by atoms with Gasteiger partial charge in [0.15, 0.2) is 0 Å². The lowest BCUT2D eigenvalue weighted by Crippen LogP contribution is -2.33. The Morgan fingerprint density at radius 1 is 0.892 bits per heavy atom. The summed E-state index contributed by atoms with van der Waals surface area (Å²) in [6.45, 7) is 8.01. The van der Waals surface area contributed by atoms with Gasteiger partial charge in [0.25, 0.3) is 5.91 Å². The van der Waals surface area contributed by atoms with Crippen LogP contribution in [0.15, 0.2) is 66.7 Å². The zero-order chi connectivity index (χ0) is 27.4. The van der Waals surface area contributed by atoms with E-state index in [1.165, 1.54) is 13.0 Å². The third-order valence-corrected chi connectivity index (χ3v) is 6.26. The van der Waals surface area contributed by atoms with Gasteiger partial charge in [0.2, 0.25) is 5.91 Å². The van der Waals surface area contributed by atoms with Crippen LogP contribution in [0.2, 0.25) is 5.02 Å². The van der Waals surface area contributed by atoms with E-state index in [2.05, 4.69) is 26.1 Å². The SMILES string of the molecule is CC(=O)Nc1cccc(Cl)c1C(=O)N(CCc1cccc(C(F)(F)F)c1)Cc1ccc(C(C)(C)C)cc1. The van der Waals surface area contributed by atoms with E-state index in [-0.39, 0.29) is 47.1 Å². The largest absolute Gasteiger partial charge is 0.416 e. The number of benzene rings is 3. The van der Waals surface area contributed by atoms with E-state index in [1.807, 2.05) is 24.3 Å². The quantitative estimate of drug-likeness (QED) is 0.344. The third-order valence-electron chi connectivity index (χ3n) is 5.94. The smallest absolute Gasteiger partial charge is 0.334 e. The number of amides is 2. The van der Waals surface area contributed by atoms with Gasteiger partial charge < -0.3 is 10.2 Å². The number of halogens is 4. The molecule has 8 heteroatoms. The number of alkyl halides is 3. The molecule has 196 valence electrons. The fourth-order valence-electron chi connectivity index (χ4n) is 3.94. The molecule has 0 spiro atoms. The van der Waals surface area contributed by atoms with Crippen molar-refractivity contribution in [2.24, 2.45) is 0 Å². The molecule has 3 rings (SSSR count). The van der Waals surface area contributed by atoms with Crippen LogP contribution in [0.4, 0.5) is 18.9 Å². The lowest BCUT2D eigenvalue weighted by atomic mass is 9.87. The average molecular weight is 531 g/mol. The zero-order valence-electron chi connectivity index (χ0n) is 21.2. The minimum atomic E-state index is -4.45. The van der Waals surface area contributed by atoms with Gasteiger partial charge in [0.05, 0.1) is 21.8 Å². The Morgan fingerprint density at radius 3 is 2.14 bits per heavy atom. The number of nitrogens with one attached hydrogen (secondary N) is 1. The van der Waals surface area contributed by atoms with Gasteiger partial charge >= 0.3 is 6.18 Å². The highest BCUT2D eigenvalue weighted by Gasteiger charge is 2.30. The molecule has 0 atom stereocenters. The van der Waals surface area contributed by atoms with Crippen molar-refractivity contribution in [1.29, 1.82) is 0 Å². The van der Waals surface area contributed by atoms with Crippen molar-refractivity contribution in [1.82, 2.24) is 4.90 Å². The Hall–Kier alpha value is -3.32. The highest BCUT2D eigenvalue weighted by Crippen LogP contribution is 2.30. The molecule has 0 aliphatic heterocycles. The lowest BCUT2D eigenvalue weighted by molar-refractivity contribution is -0.137. The molecule has 0 fully saturated rings. The Morgan fingerprint density at radius 2 is 1.54 bits per heavy atom. The number of carbonyl (C=O) groups is 2. The first kappa shape index (κ1) is 28.3. The van der Waals surface area contributed by atoms with Crippen LogP contribution in [-0.2, 0) is 29.4 Å². The molecule has 0 saturated heterocycles. The Bertz CT molecular complexity index is 1270. The van der Waals surface area contributed by atoms with Crippen molar-refractivity contribution in [3.05, 3.63) is 99.6 Å². The number of carbonyl (C=O) groups excluding carboxylic acids is 2. The summed E-state index contributed by atoms with van der Waals surface area (Å²) in [6, 6.07) is 17.7. The summed E-state index contributed by atoms with van der Waals surface area (Å²) in [4.78, 5) is 27.0. The van der Waals surface area contributed by atoms with Crippen molar-refractivity contribution in [2.75, 3.05) is 11.9 Å². The topological polar surface area (TPSA) is 49.4 Å². The molecular weight excluding hydrogens is 501 g/mol. The Balaban J connectivity index is 1.94. The Labute approximate surface area is 220 Å². The van der Waals surface area contributed by atoms with Crippen molar-refractivity contribution < 1.29 is 22.8 Å². The molecule has 0 radical (unpaired) electrons. The van der Waals surface area contributed by atoms with Crippen LogP contribution in [0.1, 0.15) is 60.3 Å². The van der Waals surface area contributed by atoms with Crippen LogP contribution in [0.3, 0.4) is 0 Å². The van der Waals surface area contributed by atoms with Gasteiger partial charge in [-0.1, -0.05) is 80.9 Å². The van der Waals surface area contributed by atoms with E-state index in [0.717, 1.165) is 23.3 Å². The second-order valence-electron chi connectivity index (χ2n) is 9.97. The van der Waals surface area contributed by atoms with Crippen molar-refractivity contribution in [3.8, 4) is 0 Å². The van der Waals surface area contributed by atoms with Crippen LogP contribution in [0.25, 0.3) is 0 Å². The predicted octanol–water partition coefficient (Wildman–Crippen LogP) is 7.50. The van der Waals surface area contributed by atoms with Crippen molar-refractivity contribution in [3.63, 3.8) is 0 Å². The fourth-order valence-corrected chi connectivity index (χ4v) is 4.20. The van der Waals surface area contributed by atoms with Gasteiger partial charge in [-0.2, -0.15) is 13.2 Å². The average Bonchev–Trinajstić information content (AvgIpc) is 2.80. The normalized spacial score (nSPS) is 11.8. The first-order valence-electron chi connectivity index (χ1n) is 11.9. The summed E-state index contributed by atoms with van der Waals surface area (Å²) < 4.78 is 39.6. The molecule has 37 heavy (non-hydrogen) atoms. The predicted molar refractivity (Wildman–Crippen MR) is 141 cm³/mol. The molecule has 0 saturated carbocycles. The lowest BCUT2D eigenvalue weighted by Gasteiger charge is -2.26. The summed E-state index contributed by atoms with van der Waals surface area (Å²) in [5, 5.41) is 2.81. The maximum atomic E-state index is 13.8. The second-order valence-corrected chi connectivity index (χ2v) is 10.4. The Kier molecular flexibility index (Phi) is 8.69. The van der Waals surface area contributed by atoms with Gasteiger partial charge in [0, 0.05) is 20.0 Å². The second kappa shape index (κ2) is 11.4. The van der Waals surface area contributed by atoms with E-state index in [0.29, 0.717) is 5.56 Å². The maximum Gasteiger partial charge on any atom is 0.416 e. The van der Waals surface area contributed by atoms with E-state index in [4.69, 9.17) is 11.6 Å². The van der Waals surface area contributed by atoms with E-state index >= 15 is 0 Å². The summed E-state index contributed by atoms with van der Waals surface area (Å²) in [5.41, 5.74) is 2.08. The van der Waals surface area contributed by atoms with Gasteiger partial charge in [-0.05, 0) is 46.7 Å². The monoisotopic (exact) mass is 530 g/mol. The van der Waals surface area contributed by atoms with Crippen LogP contribution < -0.4 is 5.32 Å². The molecule has 0 unspecified atom stereocenters. The molecule has 0 bridgehead atoms. The third kappa shape index (κ3) is 7.59. The van der Waals surface area contributed by atoms with Gasteiger partial charge in [-0.15, -0.1) is 0 Å². The minimum absolute atomic E-state index is 0.0393. The maximum absolute atomic E-state index is 13.8. The molecule has 4 nitrogen and oxygen atoms in total. The van der Waals surface area contributed by atoms with Crippen LogP contribution in [0.5, 0.6) is 0 Å². The molecule has 0 heterocycles. The van der Waals surface area contributed by atoms with Crippen LogP contribution in [-0.4, -0.2) is 23.3 Å². The van der Waals surface area contributed by atoms with Crippen LogP contribution in [0, 0.1) is 0 Å². The molecule has 1 N–H and O–H groups in total. The zero-order valence-corrected chi connectivity index (χ0v) is 22.0. The minimum Gasteiger partial charge on any atom is -0.334 e. The molecule has 0 aliphatic carbocycles. The summed E-state index contributed by atoms with van der Waals surface area (Å²) in [7, 11) is 0. The molecule has 3 aromatic carbocycles. The summed E-state index contributed by atoms with van der Waals surface area (Å²) in [6.07, 6.45) is -4.25. The number of hydrogen-bond donors (Lipinski definition) is 1. The van der Waals surface area contributed by atoms with Crippen LogP contribution >= 0.6 is 11.6 Å². The molecule has 0 aromatic heterocycles. The first-order chi connectivity index (χ1) is 17.3. The van der Waals surface area contributed by atoms with Crippen molar-refractivity contribution in [2.45, 2.75) is 52.3 Å². The van der Waals surface area contributed by atoms with E-state index < -0.39 is 17.6 Å². The molecule has 0 aliphatic rings. The highest BCUT2D eigenvalue weighted by atomic mass is 35.5. The van der Waals surface area contributed by atoms with Gasteiger partial charge in [0.1, 0.15) is 0 Å². The van der Waals surface area contributed by atoms with Gasteiger partial charge in [-0.3, -0.25) is 9.59 Å². The van der Waals surface area contributed by atoms with Crippen molar-refractivity contribution >= 4 is 29.1 Å². The summed E-state index contributed by atoms with van der Waals surface area (Å²) in [5.74, 6) is -0.786.